The second-order valence-electron chi connectivity index (χ2n) is 7.10. The molecule has 2 amide bonds. The zero-order chi connectivity index (χ0) is 21.8. The molecular weight excluding hydrogens is 398 g/mol. The quantitative estimate of drug-likeness (QED) is 0.464. The molecule has 4 aromatic heterocycles. The van der Waals surface area contributed by atoms with E-state index in [1.54, 1.807) is 23.0 Å². The van der Waals surface area contributed by atoms with Crippen LogP contribution >= 0.6 is 0 Å². The van der Waals surface area contributed by atoms with Crippen LogP contribution in [0.2, 0.25) is 0 Å². The molecular formula is C20H23N9O2. The second kappa shape index (κ2) is 8.88. The molecule has 0 aliphatic rings. The molecule has 0 bridgehead atoms. The van der Waals surface area contributed by atoms with Gasteiger partial charge in [0.05, 0.1) is 11.9 Å². The molecule has 11 heteroatoms. The van der Waals surface area contributed by atoms with Crippen molar-refractivity contribution in [2.24, 2.45) is 0 Å². The largest absolute Gasteiger partial charge is 0.418 e. The number of aromatic nitrogens is 6. The van der Waals surface area contributed by atoms with Crippen molar-refractivity contribution in [1.29, 1.82) is 0 Å². The van der Waals surface area contributed by atoms with Crippen molar-refractivity contribution in [3.05, 3.63) is 42.7 Å². The van der Waals surface area contributed by atoms with E-state index in [0.717, 1.165) is 12.1 Å². The first-order valence-electron chi connectivity index (χ1n) is 9.86. The minimum atomic E-state index is -0.336. The summed E-state index contributed by atoms with van der Waals surface area (Å²) >= 11 is 0. The molecule has 11 nitrogen and oxygen atoms in total. The summed E-state index contributed by atoms with van der Waals surface area (Å²) in [6, 6.07) is 5.22. The van der Waals surface area contributed by atoms with Crippen molar-refractivity contribution in [3.63, 3.8) is 0 Å². The van der Waals surface area contributed by atoms with E-state index < -0.39 is 0 Å². The number of amides is 2. The maximum atomic E-state index is 11.9. The van der Waals surface area contributed by atoms with Crippen LogP contribution in [-0.2, 0) is 6.42 Å². The molecule has 0 aromatic carbocycles. The van der Waals surface area contributed by atoms with E-state index in [4.69, 9.17) is 9.40 Å². The average molecular weight is 421 g/mol. The van der Waals surface area contributed by atoms with Crippen molar-refractivity contribution in [2.45, 2.75) is 13.3 Å². The van der Waals surface area contributed by atoms with Crippen molar-refractivity contribution in [3.8, 4) is 23.0 Å². The lowest BCUT2D eigenvalue weighted by atomic mass is 10.2. The molecule has 0 spiro atoms. The normalized spacial score (nSPS) is 11.2. The van der Waals surface area contributed by atoms with Crippen molar-refractivity contribution >= 4 is 17.5 Å². The average Bonchev–Trinajstić information content (AvgIpc) is 3.38. The molecule has 0 saturated heterocycles. The summed E-state index contributed by atoms with van der Waals surface area (Å²) in [6.45, 7) is 3.13. The number of imidazole rings is 1. The van der Waals surface area contributed by atoms with Gasteiger partial charge in [-0.25, -0.2) is 14.8 Å². The van der Waals surface area contributed by atoms with E-state index in [-0.39, 0.29) is 11.9 Å². The monoisotopic (exact) mass is 421 g/mol. The van der Waals surface area contributed by atoms with Crippen LogP contribution in [0.4, 0.5) is 10.6 Å². The van der Waals surface area contributed by atoms with E-state index in [0.29, 0.717) is 41.8 Å². The lowest BCUT2D eigenvalue weighted by molar-refractivity contribution is 0.252. The summed E-state index contributed by atoms with van der Waals surface area (Å²) in [4.78, 5) is 27.4. The lowest BCUT2D eigenvalue weighted by Gasteiger charge is -2.06. The number of rotatable bonds is 7. The Bertz CT molecular complexity index is 1180. The molecule has 0 atom stereocenters. The van der Waals surface area contributed by atoms with Crippen molar-refractivity contribution < 1.29 is 9.21 Å². The minimum Gasteiger partial charge on any atom is -0.418 e. The Hall–Kier alpha value is -3.86. The highest BCUT2D eigenvalue weighted by molar-refractivity contribution is 5.88. The van der Waals surface area contributed by atoms with Gasteiger partial charge >= 0.3 is 6.03 Å². The summed E-state index contributed by atoms with van der Waals surface area (Å²) in [5.74, 6) is 1.60. The van der Waals surface area contributed by atoms with Gasteiger partial charge in [0, 0.05) is 43.5 Å². The second-order valence-corrected chi connectivity index (χ2v) is 7.10. The molecule has 4 rings (SSSR count). The number of carbonyl (C=O) groups excluding carboxylic acids is 1. The Morgan fingerprint density at radius 3 is 2.87 bits per heavy atom. The zero-order valence-corrected chi connectivity index (χ0v) is 17.5. The SMILES string of the molecule is CCNC(=O)Nc1cn2c(-c3nnc(CCN(C)C)o3)nc(-c3cccnc3)cc2n1. The summed E-state index contributed by atoms with van der Waals surface area (Å²) in [5, 5.41) is 13.7. The van der Waals surface area contributed by atoms with E-state index in [1.165, 1.54) is 0 Å². The lowest BCUT2D eigenvalue weighted by Crippen LogP contribution is -2.28. The fourth-order valence-electron chi connectivity index (χ4n) is 2.95. The standard InChI is InChI=1S/C20H23N9O2/c1-4-22-20(30)25-15-12-29-16(24-15)10-14(13-6-5-8-21-11-13)23-18(29)19-27-26-17(31-19)7-9-28(2)3/h5-6,8,10-12H,4,7,9H2,1-3H3,(H2,22,25,30). The fraction of sp³-hybridized carbons (Fsp3) is 0.300. The number of carbonyl (C=O) groups is 1. The number of nitrogens with zero attached hydrogens (tertiary/aromatic N) is 7. The summed E-state index contributed by atoms with van der Waals surface area (Å²) in [6.07, 6.45) is 5.71. The maximum Gasteiger partial charge on any atom is 0.320 e. The van der Waals surface area contributed by atoms with E-state index >= 15 is 0 Å². The highest BCUT2D eigenvalue weighted by Gasteiger charge is 2.18. The number of pyridine rings is 1. The Morgan fingerprint density at radius 2 is 2.13 bits per heavy atom. The van der Waals surface area contributed by atoms with Gasteiger partial charge in [-0.15, -0.1) is 10.2 Å². The summed E-state index contributed by atoms with van der Waals surface area (Å²) in [7, 11) is 3.96. The number of nitrogens with one attached hydrogen (secondary N) is 2. The number of anilines is 1. The molecule has 0 fully saturated rings. The molecule has 2 N–H and O–H groups in total. The third-order valence-electron chi connectivity index (χ3n) is 4.42. The van der Waals surface area contributed by atoms with E-state index in [1.807, 2.05) is 44.1 Å². The molecule has 4 aromatic rings. The van der Waals surface area contributed by atoms with E-state index in [2.05, 4.69) is 30.8 Å². The number of hydrogen-bond acceptors (Lipinski definition) is 8. The summed E-state index contributed by atoms with van der Waals surface area (Å²) < 4.78 is 7.59. The maximum absolute atomic E-state index is 11.9. The summed E-state index contributed by atoms with van der Waals surface area (Å²) in [5.41, 5.74) is 2.04. The Kier molecular flexibility index (Phi) is 5.85. The van der Waals surface area contributed by atoms with Crippen LogP contribution in [0.1, 0.15) is 12.8 Å². The van der Waals surface area contributed by atoms with Crippen LogP contribution < -0.4 is 10.6 Å². The smallest absolute Gasteiger partial charge is 0.320 e. The highest BCUT2D eigenvalue weighted by Crippen LogP contribution is 2.25. The van der Waals surface area contributed by atoms with Crippen LogP contribution in [-0.4, -0.2) is 67.7 Å². The number of hydrogen-bond donors (Lipinski definition) is 2. The molecule has 4 heterocycles. The first-order chi connectivity index (χ1) is 15.0. The van der Waals surface area contributed by atoms with Gasteiger partial charge in [-0.3, -0.25) is 14.7 Å². The van der Waals surface area contributed by atoms with Gasteiger partial charge in [0.1, 0.15) is 5.65 Å². The molecule has 160 valence electrons. The van der Waals surface area contributed by atoms with Crippen molar-refractivity contribution in [2.75, 3.05) is 32.5 Å². The molecule has 0 radical (unpaired) electrons. The topological polar surface area (TPSA) is 126 Å². The number of fused-ring (bicyclic) bond motifs is 1. The van der Waals surface area contributed by atoms with Crippen LogP contribution in [0.25, 0.3) is 28.6 Å². The Balaban J connectivity index is 1.77. The molecule has 0 unspecified atom stereocenters. The molecule has 0 saturated carbocycles. The van der Waals surface area contributed by atoms with Crippen molar-refractivity contribution in [1.82, 2.24) is 39.8 Å². The predicted octanol–water partition coefficient (Wildman–Crippen LogP) is 2.09. The van der Waals surface area contributed by atoms with Crippen LogP contribution in [0.5, 0.6) is 0 Å². The predicted molar refractivity (Wildman–Crippen MR) is 114 cm³/mol. The van der Waals surface area contributed by atoms with Crippen LogP contribution in [0.15, 0.2) is 41.2 Å². The van der Waals surface area contributed by atoms with Gasteiger partial charge in [0.2, 0.25) is 11.7 Å². The number of urea groups is 1. The van der Waals surface area contributed by atoms with Gasteiger partial charge in [-0.05, 0) is 33.2 Å². The molecule has 0 aliphatic heterocycles. The number of likely N-dealkylation sites (N-methyl/N-ethyl adjacent to an activating group) is 1. The fourth-order valence-corrected chi connectivity index (χ4v) is 2.95. The first-order valence-corrected chi connectivity index (χ1v) is 9.86. The van der Waals surface area contributed by atoms with Gasteiger partial charge in [0.15, 0.2) is 5.82 Å². The third-order valence-corrected chi connectivity index (χ3v) is 4.42. The molecule has 0 aliphatic carbocycles. The highest BCUT2D eigenvalue weighted by atomic mass is 16.4. The minimum absolute atomic E-state index is 0.270. The van der Waals surface area contributed by atoms with Gasteiger partial charge in [-0.1, -0.05) is 0 Å². The third kappa shape index (κ3) is 4.67. The Morgan fingerprint density at radius 1 is 1.26 bits per heavy atom. The zero-order valence-electron chi connectivity index (χ0n) is 17.5. The van der Waals surface area contributed by atoms with Crippen LogP contribution in [0.3, 0.4) is 0 Å². The van der Waals surface area contributed by atoms with E-state index in [9.17, 15) is 4.79 Å². The molecule has 31 heavy (non-hydrogen) atoms. The Labute approximate surface area is 178 Å². The van der Waals surface area contributed by atoms with Gasteiger partial charge in [-0.2, -0.15) is 0 Å². The first kappa shape index (κ1) is 20.4. The van der Waals surface area contributed by atoms with Gasteiger partial charge < -0.3 is 14.6 Å². The van der Waals surface area contributed by atoms with Gasteiger partial charge in [0.25, 0.3) is 5.89 Å². The van der Waals surface area contributed by atoms with Crippen LogP contribution in [0, 0.1) is 0 Å².